The van der Waals surface area contributed by atoms with Crippen LogP contribution in [-0.2, 0) is 19.3 Å². The summed E-state index contributed by atoms with van der Waals surface area (Å²) in [5.74, 6) is 0. The van der Waals surface area contributed by atoms with Crippen LogP contribution in [0.5, 0.6) is 0 Å². The lowest BCUT2D eigenvalue weighted by Gasteiger charge is -2.22. The Labute approximate surface area is 100 Å². The Balaban J connectivity index is 1.68. The molecule has 0 aliphatic heterocycles. The molecular formula is C16H23. The number of unbranched alkanes of at least 4 members (excludes halogenated alkanes) is 5. The molecule has 0 heteroatoms. The molecule has 2 rings (SSSR count). The van der Waals surface area contributed by atoms with Gasteiger partial charge in [0.1, 0.15) is 0 Å². The number of rotatable bonds is 7. The summed E-state index contributed by atoms with van der Waals surface area (Å²) in [4.78, 5) is 0. The summed E-state index contributed by atoms with van der Waals surface area (Å²) in [6, 6.07) is 7.79. The van der Waals surface area contributed by atoms with Gasteiger partial charge in [0.25, 0.3) is 0 Å². The van der Waals surface area contributed by atoms with Crippen molar-refractivity contribution in [3.05, 3.63) is 34.9 Å². The maximum absolute atomic E-state index is 3.43. The molecule has 0 aromatic heterocycles. The summed E-state index contributed by atoms with van der Waals surface area (Å²) < 4.78 is 0. The molecule has 0 saturated heterocycles. The smallest absolute Gasteiger partial charge is 0.0146 e. The van der Waals surface area contributed by atoms with Crippen molar-refractivity contribution in [2.45, 2.75) is 64.7 Å². The Morgan fingerprint density at radius 2 is 1.88 bits per heavy atom. The highest BCUT2D eigenvalue weighted by Gasteiger charge is 2.15. The van der Waals surface area contributed by atoms with E-state index in [9.17, 15) is 0 Å². The third-order valence-electron chi connectivity index (χ3n) is 3.72. The van der Waals surface area contributed by atoms with Gasteiger partial charge in [-0.3, -0.25) is 0 Å². The zero-order valence-corrected chi connectivity index (χ0v) is 10.5. The monoisotopic (exact) mass is 215 g/mol. The van der Waals surface area contributed by atoms with Crippen LogP contribution < -0.4 is 0 Å². The molecule has 1 aliphatic rings. The van der Waals surface area contributed by atoms with Gasteiger partial charge in [-0.25, -0.2) is 0 Å². The molecule has 1 aromatic rings. The molecule has 16 heavy (non-hydrogen) atoms. The van der Waals surface area contributed by atoms with E-state index in [2.05, 4.69) is 25.1 Å². The molecule has 1 radical (unpaired) electrons. The van der Waals surface area contributed by atoms with E-state index in [1.165, 1.54) is 63.4 Å². The van der Waals surface area contributed by atoms with E-state index in [4.69, 9.17) is 0 Å². The van der Waals surface area contributed by atoms with Crippen molar-refractivity contribution in [1.29, 1.82) is 0 Å². The quantitative estimate of drug-likeness (QED) is 0.588. The first kappa shape index (κ1) is 11.7. The van der Waals surface area contributed by atoms with Crippen molar-refractivity contribution in [1.82, 2.24) is 0 Å². The van der Waals surface area contributed by atoms with Crippen molar-refractivity contribution in [3.63, 3.8) is 0 Å². The topological polar surface area (TPSA) is 0 Å². The van der Waals surface area contributed by atoms with Gasteiger partial charge >= 0.3 is 0 Å². The van der Waals surface area contributed by atoms with E-state index in [1.807, 2.05) is 0 Å². The van der Waals surface area contributed by atoms with Crippen LogP contribution in [0.2, 0.25) is 0 Å². The lowest BCUT2D eigenvalue weighted by molar-refractivity contribution is 0.605. The lowest BCUT2D eigenvalue weighted by atomic mass is 9.83. The van der Waals surface area contributed by atoms with Crippen molar-refractivity contribution in [2.24, 2.45) is 0 Å². The predicted molar refractivity (Wildman–Crippen MR) is 69.8 cm³/mol. The molecule has 0 nitrogen and oxygen atoms in total. The van der Waals surface area contributed by atoms with Crippen LogP contribution in [0, 0.1) is 6.07 Å². The fraction of sp³-hybridized carbons (Fsp3) is 0.625. The average molecular weight is 215 g/mol. The summed E-state index contributed by atoms with van der Waals surface area (Å²) in [5, 5.41) is 0. The van der Waals surface area contributed by atoms with Crippen molar-refractivity contribution in [2.75, 3.05) is 0 Å². The molecule has 1 aromatic carbocycles. The summed E-state index contributed by atoms with van der Waals surface area (Å²) >= 11 is 0. The minimum atomic E-state index is 1.26. The van der Waals surface area contributed by atoms with Gasteiger partial charge < -0.3 is 0 Å². The maximum Gasteiger partial charge on any atom is -0.0146 e. The molecule has 0 fully saturated rings. The van der Waals surface area contributed by atoms with Crippen LogP contribution in [-0.4, -0.2) is 0 Å². The largest absolute Gasteiger partial charge is 0.0654 e. The van der Waals surface area contributed by atoms with Crippen LogP contribution in [0.25, 0.3) is 0 Å². The molecule has 0 heterocycles. The fourth-order valence-electron chi connectivity index (χ4n) is 2.56. The normalized spacial score (nSPS) is 13.3. The van der Waals surface area contributed by atoms with E-state index < -0.39 is 0 Å². The lowest BCUT2D eigenvalue weighted by Crippen LogP contribution is -2.11. The van der Waals surface area contributed by atoms with Crippen molar-refractivity contribution in [3.8, 4) is 0 Å². The highest BCUT2D eigenvalue weighted by molar-refractivity contribution is 5.41. The summed E-state index contributed by atoms with van der Waals surface area (Å²) in [5.41, 5.74) is 4.72. The molecular weight excluding hydrogens is 192 g/mol. The molecule has 0 N–H and O–H groups in total. The van der Waals surface area contributed by atoms with Crippen molar-refractivity contribution >= 4 is 0 Å². The molecule has 0 unspecified atom stereocenters. The minimum absolute atomic E-state index is 1.26. The third-order valence-corrected chi connectivity index (χ3v) is 3.72. The molecule has 0 spiro atoms. The Morgan fingerprint density at radius 1 is 1.06 bits per heavy atom. The van der Waals surface area contributed by atoms with E-state index in [-0.39, 0.29) is 0 Å². The Bertz CT molecular complexity index is 325. The number of fused-ring (bicyclic) bond motifs is 1. The number of hydrogen-bond acceptors (Lipinski definition) is 0. The van der Waals surface area contributed by atoms with Crippen LogP contribution in [0.15, 0.2) is 12.1 Å². The van der Waals surface area contributed by atoms with E-state index in [0.717, 1.165) is 0 Å². The van der Waals surface area contributed by atoms with E-state index in [1.54, 1.807) is 11.1 Å². The second kappa shape index (κ2) is 6.08. The highest BCUT2D eigenvalue weighted by Crippen LogP contribution is 2.27. The molecule has 1 aliphatic carbocycles. The van der Waals surface area contributed by atoms with Gasteiger partial charge in [0, 0.05) is 0 Å². The van der Waals surface area contributed by atoms with Gasteiger partial charge in [0.2, 0.25) is 0 Å². The number of hydrogen-bond donors (Lipinski definition) is 0. The first-order valence-corrected chi connectivity index (χ1v) is 6.93. The zero-order valence-electron chi connectivity index (χ0n) is 10.5. The molecule has 0 bridgehead atoms. The SMILES string of the molecule is CCCCCCCCc1[c]ccc2c1CC2. The second-order valence-corrected chi connectivity index (χ2v) is 4.98. The second-order valence-electron chi connectivity index (χ2n) is 4.98. The Hall–Kier alpha value is -0.780. The molecule has 0 saturated carbocycles. The predicted octanol–water partition coefficient (Wildman–Crippen LogP) is 4.49. The number of aryl methyl sites for hydroxylation is 2. The summed E-state index contributed by atoms with van der Waals surface area (Å²) in [6.07, 6.45) is 12.2. The van der Waals surface area contributed by atoms with Gasteiger partial charge in [-0.2, -0.15) is 0 Å². The van der Waals surface area contributed by atoms with Crippen molar-refractivity contribution < 1.29 is 0 Å². The Kier molecular flexibility index (Phi) is 4.44. The van der Waals surface area contributed by atoms with E-state index >= 15 is 0 Å². The van der Waals surface area contributed by atoms with Crippen LogP contribution in [0.3, 0.4) is 0 Å². The standard InChI is InChI=1S/C16H23/c1-2-3-4-5-6-7-9-14-10-8-11-15-12-13-16(14)15/h8,11H,2-7,9,12-13H2,1H3. The van der Waals surface area contributed by atoms with E-state index in [0.29, 0.717) is 0 Å². The van der Waals surface area contributed by atoms with Crippen LogP contribution in [0.1, 0.15) is 62.1 Å². The third kappa shape index (κ3) is 2.87. The van der Waals surface area contributed by atoms with Gasteiger partial charge in [-0.05, 0) is 48.4 Å². The van der Waals surface area contributed by atoms with Gasteiger partial charge in [0.15, 0.2) is 0 Å². The van der Waals surface area contributed by atoms with Gasteiger partial charge in [0.05, 0.1) is 0 Å². The maximum atomic E-state index is 3.43. The first-order valence-electron chi connectivity index (χ1n) is 6.93. The number of benzene rings is 1. The first-order chi connectivity index (χ1) is 7.92. The summed E-state index contributed by atoms with van der Waals surface area (Å²) in [6.45, 7) is 2.28. The summed E-state index contributed by atoms with van der Waals surface area (Å²) in [7, 11) is 0. The fourth-order valence-corrected chi connectivity index (χ4v) is 2.56. The average Bonchev–Trinajstić information content (AvgIpc) is 2.25. The highest BCUT2D eigenvalue weighted by atomic mass is 14.2. The molecule has 87 valence electrons. The molecule has 0 amide bonds. The Morgan fingerprint density at radius 3 is 2.62 bits per heavy atom. The van der Waals surface area contributed by atoms with Gasteiger partial charge in [-0.15, -0.1) is 0 Å². The van der Waals surface area contributed by atoms with Crippen LogP contribution in [0.4, 0.5) is 0 Å². The van der Waals surface area contributed by atoms with Crippen LogP contribution >= 0.6 is 0 Å². The minimum Gasteiger partial charge on any atom is -0.0654 e. The van der Waals surface area contributed by atoms with Gasteiger partial charge in [-0.1, -0.05) is 51.2 Å². The molecule has 0 atom stereocenters. The zero-order chi connectivity index (χ0) is 11.2.